The Bertz CT molecular complexity index is 5180. The highest BCUT2D eigenvalue weighted by Crippen LogP contribution is 2.38. The number of hydrogen-bond donors (Lipinski definition) is 1. The van der Waals surface area contributed by atoms with Crippen LogP contribution in [-0.2, 0) is 52.2 Å². The normalized spacial score (nSPS) is 12.8. The molecule has 0 bridgehead atoms. The molecule has 0 aliphatic carbocycles. The van der Waals surface area contributed by atoms with Crippen LogP contribution in [-0.4, -0.2) is 159 Å². The highest BCUT2D eigenvalue weighted by atomic mass is 28.4. The second kappa shape index (κ2) is 47.6. The molecule has 121 heavy (non-hydrogen) atoms. The Kier molecular flexibility index (Phi) is 37.1. The number of fused-ring (bicyclic) bond motifs is 3. The van der Waals surface area contributed by atoms with E-state index in [1.54, 1.807) is 42.5 Å². The third-order valence-electron chi connectivity index (χ3n) is 20.2. The Balaban J connectivity index is 0.000000242. The lowest BCUT2D eigenvalue weighted by atomic mass is 10.1. The van der Waals surface area contributed by atoms with Gasteiger partial charge in [0.15, 0.2) is 11.6 Å². The summed E-state index contributed by atoms with van der Waals surface area (Å²) in [5.74, 6) is -2.73. The minimum absolute atomic E-state index is 0. The number of hydroxylamine groups is 2. The minimum atomic E-state index is -2.83. The Morgan fingerprint density at radius 3 is 1.34 bits per heavy atom. The topological polar surface area (TPSA) is 278 Å². The van der Waals surface area contributed by atoms with Crippen molar-refractivity contribution >= 4 is 117 Å². The number of carbonyl (C=O) groups excluding carboxylic acids is 7. The van der Waals surface area contributed by atoms with Crippen LogP contribution in [0.25, 0.3) is 40.2 Å². The molecule has 2 aliphatic rings. The fourth-order valence-corrected chi connectivity index (χ4v) is 18.3. The number of aliphatic hydroxyl groups is 1. The van der Waals surface area contributed by atoms with E-state index in [1.807, 2.05) is 158 Å². The number of rotatable bonds is 39. The number of carbonyl (C=O) groups is 7. The van der Waals surface area contributed by atoms with Gasteiger partial charge in [0.1, 0.15) is 47.9 Å². The number of benzene rings is 7. The number of ether oxygens (including phenoxy) is 5. The zero-order valence-electron chi connectivity index (χ0n) is 69.9. The van der Waals surface area contributed by atoms with Crippen molar-refractivity contribution in [3.05, 3.63) is 278 Å². The number of imide groups is 1. The Hall–Kier alpha value is -12.2. The molecule has 2 aromatic heterocycles. The van der Waals surface area contributed by atoms with Gasteiger partial charge in [-0.1, -0.05) is 162 Å². The van der Waals surface area contributed by atoms with Crippen LogP contribution in [0.5, 0.6) is 5.75 Å². The molecule has 1 N–H and O–H groups in total. The van der Waals surface area contributed by atoms with Gasteiger partial charge in [0.2, 0.25) is 0 Å². The molecule has 1 saturated heterocycles. The molecule has 11 rings (SSSR count). The summed E-state index contributed by atoms with van der Waals surface area (Å²) < 4.78 is 45.7. The highest BCUT2D eigenvalue weighted by Gasteiger charge is 2.50. The first-order valence-corrected chi connectivity index (χ1v) is 42.7. The Morgan fingerprint density at radius 1 is 0.504 bits per heavy atom. The maximum Gasteiger partial charge on any atom is 0.363 e. The maximum absolute atomic E-state index is 13.5. The van der Waals surface area contributed by atoms with Crippen molar-refractivity contribution in [2.24, 2.45) is 0 Å². The molecule has 9 aromatic rings. The number of hydrogen-bond acceptors (Lipinski definition) is 22. The summed E-state index contributed by atoms with van der Waals surface area (Å²) in [5.41, 5.74) is 6.13. The molecule has 0 radical (unpaired) electrons. The largest absolute Gasteiger partial charge is 0.488 e. The van der Waals surface area contributed by atoms with E-state index in [0.29, 0.717) is 51.2 Å². The number of esters is 2. The van der Waals surface area contributed by atoms with Crippen molar-refractivity contribution in [2.75, 3.05) is 113 Å². The van der Waals surface area contributed by atoms with Crippen molar-refractivity contribution in [1.82, 2.24) is 5.06 Å². The summed E-state index contributed by atoms with van der Waals surface area (Å²) in [6.07, 6.45) is 13.0. The van der Waals surface area contributed by atoms with Gasteiger partial charge >= 0.3 is 29.2 Å². The Morgan fingerprint density at radius 2 is 0.917 bits per heavy atom. The predicted molar refractivity (Wildman–Crippen MR) is 478 cm³/mol. The van der Waals surface area contributed by atoms with Crippen molar-refractivity contribution in [1.29, 1.82) is 0 Å². The number of nitrogens with zero attached hydrogens (tertiary/aromatic N) is 4. The monoisotopic (exact) mass is 1660 g/mol. The summed E-state index contributed by atoms with van der Waals surface area (Å²) in [4.78, 5) is 123. The third kappa shape index (κ3) is 26.4. The molecule has 24 heteroatoms. The standard InChI is InChI=1S/C47H53NO7Si.C31H35NO7.C18H20N2O5.CH4/c1-6-48(7-2)39-28-27-38-34-42(46(51)55-44(38)35-39)43(49)24-17-30-52-32-33-53-45(50)37(26-25-36-18-11-8-12-19-36)29-31-54-56(47(3,4)5,40-20-13-9-14-21-40)41-22-15-10-16-23-41;1-3-32(4-2)26-15-14-25-21-27(31(36)39-29(25)22-26)28(34)11-8-18-37-19-20-38-30(35)24(16-17-33)13-12-23-9-6-5-7-10-23;1-3-19(4-2)14-6-5-12-9-13(11-24-15(12)10-14)18(23)25-20-16(21)7-8-17(20)22;/h8-16,18-23,25-29,34-35H,6-7,17,24,30-33H2,1-5H3;5-7,9-10,12-16,21-22,33H,3-4,8,11,17-20H2,1-2H3;5-6,9-10H,3-4,7-8,11H2,1-2H3;1H4/b26-25+,37-29+;13-12+,24-16+;;. The maximum atomic E-state index is 13.5. The van der Waals surface area contributed by atoms with Crippen LogP contribution < -0.4 is 41.1 Å². The zero-order chi connectivity index (χ0) is 86.0. The van der Waals surface area contributed by atoms with Gasteiger partial charge < -0.3 is 61.6 Å². The first-order chi connectivity index (χ1) is 58.1. The lowest BCUT2D eigenvalue weighted by Gasteiger charge is -2.42. The molecule has 0 spiro atoms. The molecule has 7 aromatic carbocycles. The smallest absolute Gasteiger partial charge is 0.363 e. The molecule has 0 unspecified atom stereocenters. The van der Waals surface area contributed by atoms with Gasteiger partial charge in [-0.05, 0) is 160 Å². The quantitative estimate of drug-likeness (QED) is 0.00547. The SMILES string of the molecule is C.CCN(CC)c1ccc2c(c1)OCC(C(=O)ON1C(=O)CCC1=O)=C2.CCN(CC)c1ccc2cc(C(=O)CCCOCCOC(=O)C(/C=C/c3ccccc3)=C/CO)c(=O)oc2c1.CCN(CC)c1ccc2cc(C(=O)CCCOCCOC(=O)C(/C=C/c3ccccc3)=C/CO[Si](c3ccccc3)(c3ccccc3)C(C)(C)C)c(=O)oc2c1. The third-order valence-corrected chi connectivity index (χ3v) is 25.2. The van der Waals surface area contributed by atoms with Crippen molar-refractivity contribution < 1.29 is 80.5 Å². The molecule has 638 valence electrons. The second-order valence-corrected chi connectivity index (χ2v) is 33.3. The van der Waals surface area contributed by atoms with Crippen LogP contribution in [0.4, 0.5) is 17.1 Å². The molecule has 1 fully saturated rings. The highest BCUT2D eigenvalue weighted by molar-refractivity contribution is 6.99. The zero-order valence-corrected chi connectivity index (χ0v) is 70.9. The molecule has 23 nitrogen and oxygen atoms in total. The molecule has 2 amide bonds. The molecule has 0 atom stereocenters. The summed E-state index contributed by atoms with van der Waals surface area (Å²) >= 11 is 0. The molecular formula is C97H112N4O19Si. The number of anilines is 3. The van der Waals surface area contributed by atoms with Gasteiger partial charge in [-0.2, -0.15) is 0 Å². The van der Waals surface area contributed by atoms with Crippen LogP contribution in [0.3, 0.4) is 0 Å². The molecule has 0 saturated carbocycles. The lowest BCUT2D eigenvalue weighted by molar-refractivity contribution is -0.194. The van der Waals surface area contributed by atoms with Gasteiger partial charge in [0, 0.05) is 130 Å². The van der Waals surface area contributed by atoms with E-state index in [2.05, 4.69) is 101 Å². The fraction of sp³-hybridized carbons (Fsp3) is 0.330. The summed E-state index contributed by atoms with van der Waals surface area (Å²) in [5, 5.41) is 13.2. The fourth-order valence-electron chi connectivity index (χ4n) is 13.8. The van der Waals surface area contributed by atoms with E-state index in [9.17, 15) is 48.3 Å². The van der Waals surface area contributed by atoms with E-state index in [0.717, 1.165) is 83.4 Å². The van der Waals surface area contributed by atoms with Crippen LogP contribution in [0.15, 0.2) is 248 Å². The van der Waals surface area contributed by atoms with Crippen molar-refractivity contribution in [3.63, 3.8) is 0 Å². The number of aliphatic hydroxyl groups excluding tert-OH is 1. The van der Waals surface area contributed by atoms with Gasteiger partial charge in [0.05, 0.1) is 43.1 Å². The number of Topliss-reactive ketones (excluding diaryl/α,β-unsaturated/α-hetero) is 2. The second-order valence-electron chi connectivity index (χ2n) is 29.0. The Labute approximate surface area is 709 Å². The average molecular weight is 1670 g/mol. The summed E-state index contributed by atoms with van der Waals surface area (Å²) in [6.45, 7) is 25.0. The van der Waals surface area contributed by atoms with E-state index in [-0.39, 0.29) is 131 Å². The van der Waals surface area contributed by atoms with Crippen LogP contribution in [0.2, 0.25) is 5.04 Å². The van der Waals surface area contributed by atoms with Crippen molar-refractivity contribution in [3.8, 4) is 5.75 Å². The van der Waals surface area contributed by atoms with E-state index < -0.39 is 49.3 Å². The van der Waals surface area contributed by atoms with Crippen LogP contribution in [0.1, 0.15) is 146 Å². The summed E-state index contributed by atoms with van der Waals surface area (Å²) in [6, 6.07) is 60.2. The summed E-state index contributed by atoms with van der Waals surface area (Å²) in [7, 11) is -2.83. The van der Waals surface area contributed by atoms with Crippen molar-refractivity contribution in [2.45, 2.75) is 113 Å². The van der Waals surface area contributed by atoms with Crippen LogP contribution >= 0.6 is 0 Å². The first-order valence-electron chi connectivity index (χ1n) is 40.8. The molecule has 2 aliphatic heterocycles. The van der Waals surface area contributed by atoms with E-state index in [1.165, 1.54) is 6.08 Å². The van der Waals surface area contributed by atoms with E-state index in [4.69, 9.17) is 41.8 Å². The first kappa shape index (κ1) is 94.3. The van der Waals surface area contributed by atoms with Gasteiger partial charge in [-0.15, -0.1) is 5.06 Å². The van der Waals surface area contributed by atoms with E-state index >= 15 is 0 Å². The van der Waals surface area contributed by atoms with Crippen LogP contribution in [0, 0.1) is 0 Å². The molecule has 4 heterocycles. The number of amides is 2. The number of ketones is 2. The van der Waals surface area contributed by atoms with Gasteiger partial charge in [0.25, 0.3) is 20.1 Å². The van der Waals surface area contributed by atoms with Gasteiger partial charge in [-0.25, -0.2) is 24.0 Å². The predicted octanol–water partition coefficient (Wildman–Crippen LogP) is 15.7. The average Bonchev–Trinajstić information content (AvgIpc) is 1.29. The molecular weight excluding hydrogens is 1550 g/mol. The lowest BCUT2D eigenvalue weighted by Crippen LogP contribution is -2.66. The van der Waals surface area contributed by atoms with Gasteiger partial charge in [-0.3, -0.25) is 19.2 Å². The minimum Gasteiger partial charge on any atom is -0.488 e.